The highest BCUT2D eigenvalue weighted by Gasteiger charge is 2.38. The monoisotopic (exact) mass is 434 g/mol. The third-order valence-corrected chi connectivity index (χ3v) is 5.66. The normalized spacial score (nSPS) is 25.9. The maximum Gasteiger partial charge on any atom is 0.191 e. The fourth-order valence-corrected chi connectivity index (χ4v) is 3.90. The summed E-state index contributed by atoms with van der Waals surface area (Å²) >= 11 is 1.80. The highest BCUT2D eigenvalue weighted by molar-refractivity contribution is 14.0. The highest BCUT2D eigenvalue weighted by atomic mass is 127. The van der Waals surface area contributed by atoms with Gasteiger partial charge in [-0.25, -0.2) is 0 Å². The molecular weight excluding hydrogens is 407 g/mol. The Morgan fingerprint density at radius 3 is 2.77 bits per heavy atom. The Labute approximate surface area is 154 Å². The summed E-state index contributed by atoms with van der Waals surface area (Å²) in [7, 11) is 1.86. The summed E-state index contributed by atoms with van der Waals surface area (Å²) in [5.74, 6) is 1.62. The van der Waals surface area contributed by atoms with Gasteiger partial charge in [0, 0.05) is 37.1 Å². The SMILES string of the molecule is CN=C(NCc1sccc1C)NC1CN(C2CC2)CC1C.I. The fraction of sp³-hybridized carbons (Fsp3) is 0.688. The largest absolute Gasteiger partial charge is 0.352 e. The van der Waals surface area contributed by atoms with E-state index in [9.17, 15) is 0 Å². The predicted octanol–water partition coefficient (Wildman–Crippen LogP) is 2.82. The van der Waals surface area contributed by atoms with Gasteiger partial charge in [-0.2, -0.15) is 0 Å². The van der Waals surface area contributed by atoms with Crippen molar-refractivity contribution in [3.63, 3.8) is 0 Å². The number of hydrogen-bond donors (Lipinski definition) is 2. The van der Waals surface area contributed by atoms with Crippen LogP contribution in [0.3, 0.4) is 0 Å². The number of nitrogens with zero attached hydrogens (tertiary/aromatic N) is 2. The number of aliphatic imine (C=N–C) groups is 1. The summed E-state index contributed by atoms with van der Waals surface area (Å²) in [6.07, 6.45) is 2.79. The van der Waals surface area contributed by atoms with Crippen molar-refractivity contribution in [1.82, 2.24) is 15.5 Å². The fourth-order valence-electron chi connectivity index (χ4n) is 3.05. The first-order valence-corrected chi connectivity index (χ1v) is 8.79. The molecule has 1 saturated heterocycles. The summed E-state index contributed by atoms with van der Waals surface area (Å²) < 4.78 is 0. The van der Waals surface area contributed by atoms with E-state index >= 15 is 0 Å². The van der Waals surface area contributed by atoms with E-state index < -0.39 is 0 Å². The van der Waals surface area contributed by atoms with Crippen molar-refractivity contribution in [2.45, 2.75) is 45.3 Å². The molecule has 0 aromatic carbocycles. The van der Waals surface area contributed by atoms with Crippen molar-refractivity contribution in [3.8, 4) is 0 Å². The van der Waals surface area contributed by atoms with Gasteiger partial charge in [0.25, 0.3) is 0 Å². The van der Waals surface area contributed by atoms with Gasteiger partial charge in [-0.1, -0.05) is 6.92 Å². The highest BCUT2D eigenvalue weighted by Crippen LogP contribution is 2.31. The van der Waals surface area contributed by atoms with Gasteiger partial charge in [0.05, 0.1) is 6.54 Å². The number of nitrogens with one attached hydrogen (secondary N) is 2. The van der Waals surface area contributed by atoms with Crippen LogP contribution >= 0.6 is 35.3 Å². The molecule has 1 aliphatic heterocycles. The Morgan fingerprint density at radius 1 is 1.41 bits per heavy atom. The number of halogens is 1. The molecule has 1 aliphatic carbocycles. The number of aryl methyl sites for hydroxylation is 1. The van der Waals surface area contributed by atoms with Crippen molar-refractivity contribution < 1.29 is 0 Å². The van der Waals surface area contributed by atoms with Crippen LogP contribution in [0.25, 0.3) is 0 Å². The van der Waals surface area contributed by atoms with Gasteiger partial charge in [0.2, 0.25) is 0 Å². The van der Waals surface area contributed by atoms with E-state index in [1.807, 2.05) is 7.05 Å². The average molecular weight is 434 g/mol. The van der Waals surface area contributed by atoms with Crippen LogP contribution in [-0.4, -0.2) is 43.1 Å². The van der Waals surface area contributed by atoms with E-state index in [0.717, 1.165) is 25.1 Å². The standard InChI is InChI=1S/C16H26N4S.HI/c1-11-6-7-21-15(11)8-18-16(17-3)19-14-10-20(9-12(14)2)13-4-5-13;/h6-7,12-14H,4-5,8-10H2,1-3H3,(H2,17,18,19);1H. The number of guanidine groups is 1. The molecule has 124 valence electrons. The quantitative estimate of drug-likeness (QED) is 0.435. The zero-order chi connectivity index (χ0) is 14.8. The molecule has 2 unspecified atom stereocenters. The van der Waals surface area contributed by atoms with Crippen molar-refractivity contribution in [2.24, 2.45) is 10.9 Å². The van der Waals surface area contributed by atoms with Crippen LogP contribution in [0.1, 0.15) is 30.2 Å². The Kier molecular flexibility index (Phi) is 6.52. The van der Waals surface area contributed by atoms with E-state index in [1.54, 1.807) is 11.3 Å². The predicted molar refractivity (Wildman–Crippen MR) is 105 cm³/mol. The summed E-state index contributed by atoms with van der Waals surface area (Å²) in [5, 5.41) is 9.21. The topological polar surface area (TPSA) is 39.7 Å². The molecule has 2 fully saturated rings. The van der Waals surface area contributed by atoms with Gasteiger partial charge in [0.15, 0.2) is 5.96 Å². The minimum Gasteiger partial charge on any atom is -0.352 e. The van der Waals surface area contributed by atoms with Crippen LogP contribution in [0, 0.1) is 12.8 Å². The third kappa shape index (κ3) is 4.35. The van der Waals surface area contributed by atoms with Gasteiger partial charge in [-0.15, -0.1) is 35.3 Å². The molecule has 0 bridgehead atoms. The molecule has 0 radical (unpaired) electrons. The molecule has 4 nitrogen and oxygen atoms in total. The first-order valence-electron chi connectivity index (χ1n) is 7.91. The van der Waals surface area contributed by atoms with E-state index in [4.69, 9.17) is 0 Å². The second kappa shape index (κ2) is 7.97. The van der Waals surface area contributed by atoms with E-state index in [1.165, 1.54) is 29.8 Å². The lowest BCUT2D eigenvalue weighted by Gasteiger charge is -2.20. The molecule has 3 rings (SSSR count). The molecule has 2 aliphatic rings. The van der Waals surface area contributed by atoms with Gasteiger partial charge in [-0.05, 0) is 42.7 Å². The minimum atomic E-state index is 0. The zero-order valence-corrected chi connectivity index (χ0v) is 16.8. The summed E-state index contributed by atoms with van der Waals surface area (Å²) in [4.78, 5) is 8.41. The lowest BCUT2D eigenvalue weighted by atomic mass is 10.1. The number of rotatable bonds is 4. The molecule has 6 heteroatoms. The molecule has 1 aromatic rings. The molecule has 2 N–H and O–H groups in total. The van der Waals surface area contributed by atoms with Gasteiger partial charge >= 0.3 is 0 Å². The lowest BCUT2D eigenvalue weighted by molar-refractivity contribution is 0.315. The first-order chi connectivity index (χ1) is 10.2. The molecule has 0 spiro atoms. The van der Waals surface area contributed by atoms with Crippen LogP contribution in [0.4, 0.5) is 0 Å². The van der Waals surface area contributed by atoms with Crippen molar-refractivity contribution in [2.75, 3.05) is 20.1 Å². The lowest BCUT2D eigenvalue weighted by Crippen LogP contribution is -2.46. The van der Waals surface area contributed by atoms with Crippen LogP contribution in [0.2, 0.25) is 0 Å². The van der Waals surface area contributed by atoms with Crippen LogP contribution < -0.4 is 10.6 Å². The summed E-state index contributed by atoms with van der Waals surface area (Å²) in [6, 6.07) is 3.55. The zero-order valence-electron chi connectivity index (χ0n) is 13.6. The molecule has 0 amide bonds. The average Bonchev–Trinajstić information content (AvgIpc) is 3.15. The number of likely N-dealkylation sites (tertiary alicyclic amines) is 1. The van der Waals surface area contributed by atoms with Crippen molar-refractivity contribution in [1.29, 1.82) is 0 Å². The maximum atomic E-state index is 4.38. The van der Waals surface area contributed by atoms with Crippen molar-refractivity contribution in [3.05, 3.63) is 21.9 Å². The Morgan fingerprint density at radius 2 is 2.18 bits per heavy atom. The van der Waals surface area contributed by atoms with Crippen molar-refractivity contribution >= 4 is 41.3 Å². The molecule has 22 heavy (non-hydrogen) atoms. The molecule has 2 heterocycles. The van der Waals surface area contributed by atoms with Gasteiger partial charge in [0.1, 0.15) is 0 Å². The summed E-state index contributed by atoms with van der Waals surface area (Å²) in [5.41, 5.74) is 1.36. The van der Waals surface area contributed by atoms with Gasteiger partial charge in [-0.3, -0.25) is 9.89 Å². The van der Waals surface area contributed by atoms with Gasteiger partial charge < -0.3 is 10.6 Å². The minimum absolute atomic E-state index is 0. The van der Waals surface area contributed by atoms with E-state index in [0.29, 0.717) is 12.0 Å². The molecule has 1 saturated carbocycles. The maximum absolute atomic E-state index is 4.38. The number of thiophene rings is 1. The third-order valence-electron chi connectivity index (χ3n) is 4.63. The molecular formula is C16H27IN4S. The van der Waals surface area contributed by atoms with E-state index in [-0.39, 0.29) is 24.0 Å². The first kappa shape index (κ1) is 18.0. The van der Waals surface area contributed by atoms with Crippen LogP contribution in [-0.2, 0) is 6.54 Å². The Hall–Kier alpha value is -0.340. The smallest absolute Gasteiger partial charge is 0.191 e. The Balaban J connectivity index is 0.00000176. The molecule has 1 aromatic heterocycles. The molecule has 2 atom stereocenters. The number of hydrogen-bond acceptors (Lipinski definition) is 3. The second-order valence-corrected chi connectivity index (χ2v) is 7.37. The summed E-state index contributed by atoms with van der Waals surface area (Å²) in [6.45, 7) is 7.75. The Bertz CT molecular complexity index is 512. The second-order valence-electron chi connectivity index (χ2n) is 6.37. The van der Waals surface area contributed by atoms with Crippen LogP contribution in [0.15, 0.2) is 16.4 Å². The van der Waals surface area contributed by atoms with Crippen LogP contribution in [0.5, 0.6) is 0 Å². The van der Waals surface area contributed by atoms with E-state index in [2.05, 4.69) is 45.8 Å².